The van der Waals surface area contributed by atoms with Gasteiger partial charge < -0.3 is 10.8 Å². The van der Waals surface area contributed by atoms with E-state index in [1.807, 2.05) is 0 Å². The van der Waals surface area contributed by atoms with Gasteiger partial charge in [-0.1, -0.05) is 0 Å². The number of nitrogens with zero attached hydrogens (tertiary/aromatic N) is 1. The maximum atomic E-state index is 12.5. The lowest BCUT2D eigenvalue weighted by Gasteiger charge is -2.09. The average Bonchev–Trinajstić information content (AvgIpc) is 2.17. The molecule has 0 atom stereocenters. The number of aromatic carboxylic acids is 1. The number of carboxylic acid groups (broad SMARTS) is 1. The summed E-state index contributed by atoms with van der Waals surface area (Å²) in [4.78, 5) is 14.0. The third kappa shape index (κ3) is 2.27. The fourth-order valence-corrected chi connectivity index (χ4v) is 1.22. The SMILES string of the molecule is Cc1c(CN)cc(C(=O)O)nc1C(F)F. The van der Waals surface area contributed by atoms with Crippen LogP contribution in [0, 0.1) is 6.92 Å². The Bertz CT molecular complexity index is 394. The van der Waals surface area contributed by atoms with Crippen molar-refractivity contribution in [3.05, 3.63) is 28.6 Å². The lowest BCUT2D eigenvalue weighted by Crippen LogP contribution is -2.10. The molecule has 0 saturated carbocycles. The molecule has 15 heavy (non-hydrogen) atoms. The van der Waals surface area contributed by atoms with E-state index >= 15 is 0 Å². The molecule has 1 aromatic heterocycles. The third-order valence-corrected chi connectivity index (χ3v) is 2.06. The summed E-state index contributed by atoms with van der Waals surface area (Å²) in [5, 5.41) is 8.65. The topological polar surface area (TPSA) is 76.2 Å². The third-order valence-electron chi connectivity index (χ3n) is 2.06. The normalized spacial score (nSPS) is 10.7. The van der Waals surface area contributed by atoms with Gasteiger partial charge in [-0.25, -0.2) is 18.6 Å². The summed E-state index contributed by atoms with van der Waals surface area (Å²) in [6.45, 7) is 1.46. The maximum Gasteiger partial charge on any atom is 0.354 e. The molecule has 0 radical (unpaired) electrons. The minimum absolute atomic E-state index is 0.00829. The van der Waals surface area contributed by atoms with E-state index in [9.17, 15) is 13.6 Å². The van der Waals surface area contributed by atoms with Crippen molar-refractivity contribution >= 4 is 5.97 Å². The van der Waals surface area contributed by atoms with Crippen LogP contribution in [-0.4, -0.2) is 16.1 Å². The monoisotopic (exact) mass is 216 g/mol. The van der Waals surface area contributed by atoms with Crippen molar-refractivity contribution in [3.8, 4) is 0 Å². The van der Waals surface area contributed by atoms with Gasteiger partial charge in [0.05, 0.1) is 0 Å². The number of nitrogens with two attached hydrogens (primary N) is 1. The number of halogens is 2. The zero-order valence-electron chi connectivity index (χ0n) is 8.00. The molecular formula is C9H10F2N2O2. The molecule has 3 N–H and O–H groups in total. The molecule has 82 valence electrons. The molecule has 0 unspecified atom stereocenters. The number of carbonyl (C=O) groups is 1. The molecule has 6 heteroatoms. The number of alkyl halides is 2. The number of carboxylic acids is 1. The molecule has 0 saturated heterocycles. The van der Waals surface area contributed by atoms with Crippen molar-refractivity contribution < 1.29 is 18.7 Å². The average molecular weight is 216 g/mol. The number of hydrogen-bond donors (Lipinski definition) is 2. The van der Waals surface area contributed by atoms with E-state index in [4.69, 9.17) is 10.8 Å². The van der Waals surface area contributed by atoms with Gasteiger partial charge in [-0.15, -0.1) is 0 Å². The predicted octanol–water partition coefficient (Wildman–Crippen LogP) is 1.48. The summed E-state index contributed by atoms with van der Waals surface area (Å²) in [6, 6.07) is 1.21. The van der Waals surface area contributed by atoms with Crippen LogP contribution >= 0.6 is 0 Å². The largest absolute Gasteiger partial charge is 0.477 e. The zero-order chi connectivity index (χ0) is 11.6. The summed E-state index contributed by atoms with van der Waals surface area (Å²) >= 11 is 0. The first-order valence-corrected chi connectivity index (χ1v) is 4.19. The Morgan fingerprint density at radius 2 is 2.27 bits per heavy atom. The van der Waals surface area contributed by atoms with Crippen LogP contribution in [0.15, 0.2) is 6.07 Å². The zero-order valence-corrected chi connectivity index (χ0v) is 8.00. The molecule has 4 nitrogen and oxygen atoms in total. The molecule has 0 aliphatic heterocycles. The molecule has 0 aliphatic carbocycles. The summed E-state index contributed by atoms with van der Waals surface area (Å²) in [5.74, 6) is -1.34. The Kier molecular flexibility index (Phi) is 3.31. The second-order valence-corrected chi connectivity index (χ2v) is 2.99. The summed E-state index contributed by atoms with van der Waals surface area (Å²) in [5.41, 5.74) is 5.02. The summed E-state index contributed by atoms with van der Waals surface area (Å²) in [6.07, 6.45) is -2.80. The Hall–Kier alpha value is -1.56. The van der Waals surface area contributed by atoms with Crippen molar-refractivity contribution in [2.24, 2.45) is 5.73 Å². The molecule has 1 aromatic rings. The molecule has 1 rings (SSSR count). The van der Waals surface area contributed by atoms with Crippen molar-refractivity contribution in [1.82, 2.24) is 4.98 Å². The van der Waals surface area contributed by atoms with E-state index < -0.39 is 23.8 Å². The molecule has 0 fully saturated rings. The Balaban J connectivity index is 3.38. The number of rotatable bonds is 3. The van der Waals surface area contributed by atoms with Gasteiger partial charge in [0.15, 0.2) is 0 Å². The van der Waals surface area contributed by atoms with Crippen molar-refractivity contribution in [1.29, 1.82) is 0 Å². The van der Waals surface area contributed by atoms with E-state index in [2.05, 4.69) is 4.98 Å². The van der Waals surface area contributed by atoms with Gasteiger partial charge >= 0.3 is 5.97 Å². The number of hydrogen-bond acceptors (Lipinski definition) is 3. The molecule has 0 spiro atoms. The molecule has 0 aliphatic rings. The highest BCUT2D eigenvalue weighted by molar-refractivity contribution is 5.85. The van der Waals surface area contributed by atoms with Gasteiger partial charge in [-0.3, -0.25) is 0 Å². The molecule has 0 aromatic carbocycles. The molecule has 0 amide bonds. The highest BCUT2D eigenvalue weighted by Crippen LogP contribution is 2.23. The van der Waals surface area contributed by atoms with Crippen LogP contribution in [0.3, 0.4) is 0 Å². The maximum absolute atomic E-state index is 12.5. The quantitative estimate of drug-likeness (QED) is 0.802. The first kappa shape index (κ1) is 11.5. The summed E-state index contributed by atoms with van der Waals surface area (Å²) < 4.78 is 25.0. The molecule has 0 bridgehead atoms. The van der Waals surface area contributed by atoms with Gasteiger partial charge in [0.2, 0.25) is 0 Å². The second-order valence-electron chi connectivity index (χ2n) is 2.99. The van der Waals surface area contributed by atoms with Crippen molar-refractivity contribution in [2.45, 2.75) is 19.9 Å². The van der Waals surface area contributed by atoms with Crippen molar-refractivity contribution in [2.75, 3.05) is 0 Å². The smallest absolute Gasteiger partial charge is 0.354 e. The van der Waals surface area contributed by atoms with Crippen LogP contribution in [0.2, 0.25) is 0 Å². The number of aromatic nitrogens is 1. The first-order chi connectivity index (χ1) is 6.97. The van der Waals surface area contributed by atoms with E-state index in [-0.39, 0.29) is 12.1 Å². The second kappa shape index (κ2) is 4.31. The van der Waals surface area contributed by atoms with Crippen molar-refractivity contribution in [3.63, 3.8) is 0 Å². The van der Waals surface area contributed by atoms with Crippen LogP contribution in [0.25, 0.3) is 0 Å². The predicted molar refractivity (Wildman–Crippen MR) is 48.8 cm³/mol. The molecular weight excluding hydrogens is 206 g/mol. The fraction of sp³-hybridized carbons (Fsp3) is 0.333. The highest BCUT2D eigenvalue weighted by Gasteiger charge is 2.18. The minimum atomic E-state index is -2.80. The van der Waals surface area contributed by atoms with Gasteiger partial charge in [0.1, 0.15) is 11.4 Å². The van der Waals surface area contributed by atoms with Gasteiger partial charge in [0, 0.05) is 6.54 Å². The van der Waals surface area contributed by atoms with Crippen LogP contribution in [0.4, 0.5) is 8.78 Å². The van der Waals surface area contributed by atoms with Gasteiger partial charge in [0.25, 0.3) is 6.43 Å². The van der Waals surface area contributed by atoms with Crippen LogP contribution in [0.5, 0.6) is 0 Å². The van der Waals surface area contributed by atoms with Gasteiger partial charge in [-0.05, 0) is 24.1 Å². The van der Waals surface area contributed by atoms with Crippen LogP contribution in [-0.2, 0) is 6.54 Å². The first-order valence-electron chi connectivity index (χ1n) is 4.19. The Morgan fingerprint density at radius 1 is 1.67 bits per heavy atom. The standard InChI is InChI=1S/C9H10F2N2O2/c1-4-5(3-12)2-6(9(14)15)13-7(4)8(10)11/h2,8H,3,12H2,1H3,(H,14,15). The summed E-state index contributed by atoms with van der Waals surface area (Å²) in [7, 11) is 0. The molecule has 1 heterocycles. The lowest BCUT2D eigenvalue weighted by atomic mass is 10.1. The van der Waals surface area contributed by atoms with E-state index in [0.29, 0.717) is 5.56 Å². The highest BCUT2D eigenvalue weighted by atomic mass is 19.3. The Labute approximate surface area is 84.7 Å². The van der Waals surface area contributed by atoms with E-state index in [1.165, 1.54) is 13.0 Å². The minimum Gasteiger partial charge on any atom is -0.477 e. The van der Waals surface area contributed by atoms with Crippen LogP contribution < -0.4 is 5.73 Å². The van der Waals surface area contributed by atoms with E-state index in [0.717, 1.165) is 0 Å². The number of pyridine rings is 1. The van der Waals surface area contributed by atoms with Gasteiger partial charge in [-0.2, -0.15) is 0 Å². The fourth-order valence-electron chi connectivity index (χ4n) is 1.22. The van der Waals surface area contributed by atoms with Crippen LogP contribution in [0.1, 0.15) is 33.7 Å². The van der Waals surface area contributed by atoms with E-state index in [1.54, 1.807) is 0 Å². The lowest BCUT2D eigenvalue weighted by molar-refractivity contribution is 0.0688. The Morgan fingerprint density at radius 3 is 2.67 bits per heavy atom.